The average Bonchev–Trinajstić information content (AvgIpc) is 2.72. The highest BCUT2D eigenvalue weighted by molar-refractivity contribution is 5.85. The number of rotatable bonds is 8. The van der Waals surface area contributed by atoms with E-state index >= 15 is 0 Å². The molecule has 6 nitrogen and oxygen atoms in total. The molecule has 154 valence electrons. The zero-order valence-electron chi connectivity index (χ0n) is 15.9. The maximum Gasteiger partial charge on any atom is 0.239 e. The normalized spacial score (nSPS) is 10.3. The van der Waals surface area contributed by atoms with E-state index in [1.165, 1.54) is 42.6 Å². The number of nitrogens with one attached hydrogen (secondary N) is 2. The Kier molecular flexibility index (Phi) is 7.05. The number of nitrogens with zero attached hydrogens (tertiary/aromatic N) is 1. The molecule has 0 aliphatic rings. The topological polar surface area (TPSA) is 80.3 Å². The van der Waals surface area contributed by atoms with E-state index in [0.717, 1.165) is 0 Å². The molecule has 0 bridgehead atoms. The van der Waals surface area contributed by atoms with Crippen LogP contribution in [0.15, 0.2) is 66.9 Å². The summed E-state index contributed by atoms with van der Waals surface area (Å²) in [4.78, 5) is 28.1. The molecular formula is C22H19F2N3O3. The van der Waals surface area contributed by atoms with Crippen LogP contribution in [0.1, 0.15) is 11.1 Å². The van der Waals surface area contributed by atoms with Gasteiger partial charge in [0.25, 0.3) is 0 Å². The van der Waals surface area contributed by atoms with Crippen molar-refractivity contribution in [3.8, 4) is 11.6 Å². The van der Waals surface area contributed by atoms with E-state index in [2.05, 4.69) is 15.6 Å². The van der Waals surface area contributed by atoms with Gasteiger partial charge in [-0.2, -0.15) is 0 Å². The van der Waals surface area contributed by atoms with Gasteiger partial charge in [-0.05, 0) is 35.9 Å². The summed E-state index contributed by atoms with van der Waals surface area (Å²) in [6.45, 7) is -0.119. The van der Waals surface area contributed by atoms with Gasteiger partial charge in [0.05, 0.1) is 13.0 Å². The number of carbonyl (C=O) groups excluding carboxylic acids is 2. The van der Waals surface area contributed by atoms with Crippen molar-refractivity contribution in [3.63, 3.8) is 0 Å². The first-order valence-corrected chi connectivity index (χ1v) is 9.15. The fourth-order valence-corrected chi connectivity index (χ4v) is 2.62. The summed E-state index contributed by atoms with van der Waals surface area (Å²) in [6.07, 6.45) is 1.49. The summed E-state index contributed by atoms with van der Waals surface area (Å²) in [6, 6.07) is 14.7. The van der Waals surface area contributed by atoms with Gasteiger partial charge in [0.2, 0.25) is 17.7 Å². The minimum absolute atomic E-state index is 0.0285. The number of aromatic nitrogens is 1. The van der Waals surface area contributed by atoms with Crippen LogP contribution in [-0.4, -0.2) is 23.3 Å². The van der Waals surface area contributed by atoms with Crippen molar-refractivity contribution in [2.75, 3.05) is 6.54 Å². The van der Waals surface area contributed by atoms with Gasteiger partial charge in [0.15, 0.2) is 0 Å². The highest BCUT2D eigenvalue weighted by atomic mass is 19.1. The van der Waals surface area contributed by atoms with Crippen LogP contribution in [0.3, 0.4) is 0 Å². The zero-order valence-corrected chi connectivity index (χ0v) is 15.9. The van der Waals surface area contributed by atoms with Gasteiger partial charge in [-0.3, -0.25) is 9.59 Å². The molecule has 0 aliphatic carbocycles. The van der Waals surface area contributed by atoms with E-state index in [1.54, 1.807) is 24.3 Å². The summed E-state index contributed by atoms with van der Waals surface area (Å²) in [5.41, 5.74) is 1.10. The lowest BCUT2D eigenvalue weighted by molar-refractivity contribution is -0.125. The van der Waals surface area contributed by atoms with Crippen molar-refractivity contribution >= 4 is 11.8 Å². The number of amides is 2. The van der Waals surface area contributed by atoms with Crippen LogP contribution in [0.2, 0.25) is 0 Å². The second-order valence-electron chi connectivity index (χ2n) is 6.39. The Labute approximate surface area is 171 Å². The Morgan fingerprint density at radius 2 is 1.67 bits per heavy atom. The Morgan fingerprint density at radius 3 is 2.43 bits per heavy atom. The molecule has 0 fully saturated rings. The molecule has 0 aliphatic heterocycles. The number of carbonyl (C=O) groups is 2. The summed E-state index contributed by atoms with van der Waals surface area (Å²) >= 11 is 0. The van der Waals surface area contributed by atoms with E-state index in [4.69, 9.17) is 4.74 Å². The van der Waals surface area contributed by atoms with E-state index in [-0.39, 0.29) is 31.1 Å². The Bertz CT molecular complexity index is 1040. The van der Waals surface area contributed by atoms with Crippen LogP contribution in [0.5, 0.6) is 11.6 Å². The molecule has 2 N–H and O–H groups in total. The van der Waals surface area contributed by atoms with Gasteiger partial charge in [-0.1, -0.05) is 24.3 Å². The fourth-order valence-electron chi connectivity index (χ4n) is 2.62. The molecular weight excluding hydrogens is 392 g/mol. The second-order valence-corrected chi connectivity index (χ2v) is 6.39. The molecule has 1 heterocycles. The standard InChI is InChI=1S/C22H19F2N3O3/c23-17-6-1-4-15(10-17)11-20(28)27-14-21(29)26-13-16-5-3-9-25-22(16)30-19-8-2-7-18(24)12-19/h1-10,12H,11,13-14H2,(H,26,29)(H,27,28). The number of benzene rings is 2. The number of hydrogen-bond acceptors (Lipinski definition) is 4. The van der Waals surface area contributed by atoms with Crippen molar-refractivity contribution in [1.29, 1.82) is 0 Å². The van der Waals surface area contributed by atoms with Crippen molar-refractivity contribution in [3.05, 3.63) is 89.6 Å². The molecule has 0 atom stereocenters. The van der Waals surface area contributed by atoms with Crippen LogP contribution in [0.4, 0.5) is 8.78 Å². The summed E-state index contributed by atoms with van der Waals surface area (Å²) in [5.74, 6) is -1.15. The predicted molar refractivity (Wildman–Crippen MR) is 106 cm³/mol. The van der Waals surface area contributed by atoms with Crippen LogP contribution >= 0.6 is 0 Å². The molecule has 8 heteroatoms. The van der Waals surface area contributed by atoms with E-state index in [1.807, 2.05) is 0 Å². The monoisotopic (exact) mass is 411 g/mol. The van der Waals surface area contributed by atoms with Gasteiger partial charge >= 0.3 is 0 Å². The maximum absolute atomic E-state index is 13.3. The highest BCUT2D eigenvalue weighted by Crippen LogP contribution is 2.23. The summed E-state index contributed by atoms with van der Waals surface area (Å²) in [5, 5.41) is 5.14. The first-order chi connectivity index (χ1) is 14.5. The molecule has 2 aromatic carbocycles. The van der Waals surface area contributed by atoms with Crippen LogP contribution in [0.25, 0.3) is 0 Å². The number of halogens is 2. The molecule has 0 radical (unpaired) electrons. The number of pyridine rings is 1. The quantitative estimate of drug-likeness (QED) is 0.597. The largest absolute Gasteiger partial charge is 0.439 e. The van der Waals surface area contributed by atoms with Crippen molar-refractivity contribution in [2.24, 2.45) is 0 Å². The third-order valence-electron chi connectivity index (χ3n) is 4.04. The van der Waals surface area contributed by atoms with Crippen LogP contribution < -0.4 is 15.4 Å². The highest BCUT2D eigenvalue weighted by Gasteiger charge is 2.10. The van der Waals surface area contributed by atoms with Crippen molar-refractivity contribution < 1.29 is 23.1 Å². The Balaban J connectivity index is 1.49. The lowest BCUT2D eigenvalue weighted by atomic mass is 10.1. The van der Waals surface area contributed by atoms with Gasteiger partial charge in [0, 0.05) is 24.4 Å². The van der Waals surface area contributed by atoms with Crippen LogP contribution in [0, 0.1) is 11.6 Å². The Morgan fingerprint density at radius 1 is 0.900 bits per heavy atom. The smallest absolute Gasteiger partial charge is 0.239 e. The SMILES string of the molecule is O=C(CNC(=O)Cc1cccc(F)c1)NCc1cccnc1Oc1cccc(F)c1. The maximum atomic E-state index is 13.3. The number of ether oxygens (including phenoxy) is 1. The average molecular weight is 411 g/mol. The van der Waals surface area contributed by atoms with Gasteiger partial charge in [-0.25, -0.2) is 13.8 Å². The molecule has 30 heavy (non-hydrogen) atoms. The Hall–Kier alpha value is -3.81. The molecule has 3 aromatic rings. The van der Waals surface area contributed by atoms with Gasteiger partial charge in [-0.15, -0.1) is 0 Å². The first kappa shape index (κ1) is 20.9. The lowest BCUT2D eigenvalue weighted by Crippen LogP contribution is -2.37. The van der Waals surface area contributed by atoms with E-state index < -0.39 is 23.4 Å². The molecule has 0 saturated carbocycles. The third kappa shape index (κ3) is 6.37. The second kappa shape index (κ2) is 10.1. The summed E-state index contributed by atoms with van der Waals surface area (Å²) < 4.78 is 32.1. The summed E-state index contributed by atoms with van der Waals surface area (Å²) in [7, 11) is 0. The molecule has 0 saturated heterocycles. The van der Waals surface area contributed by atoms with Crippen molar-refractivity contribution in [2.45, 2.75) is 13.0 Å². The minimum atomic E-state index is -0.438. The third-order valence-corrected chi connectivity index (χ3v) is 4.04. The molecule has 0 spiro atoms. The zero-order chi connectivity index (χ0) is 21.3. The molecule has 1 aromatic heterocycles. The molecule has 2 amide bonds. The molecule has 3 rings (SSSR count). The van der Waals surface area contributed by atoms with Crippen molar-refractivity contribution in [1.82, 2.24) is 15.6 Å². The molecule has 0 unspecified atom stereocenters. The fraction of sp³-hybridized carbons (Fsp3) is 0.136. The van der Waals surface area contributed by atoms with Gasteiger partial charge < -0.3 is 15.4 Å². The van der Waals surface area contributed by atoms with Gasteiger partial charge in [0.1, 0.15) is 17.4 Å². The van der Waals surface area contributed by atoms with E-state index in [9.17, 15) is 18.4 Å². The number of hydrogen-bond donors (Lipinski definition) is 2. The minimum Gasteiger partial charge on any atom is -0.439 e. The van der Waals surface area contributed by atoms with Crippen LogP contribution in [-0.2, 0) is 22.6 Å². The predicted octanol–water partition coefficient (Wildman–Crippen LogP) is 3.13. The van der Waals surface area contributed by atoms with E-state index in [0.29, 0.717) is 11.1 Å². The lowest BCUT2D eigenvalue weighted by Gasteiger charge is -2.11. The first-order valence-electron chi connectivity index (χ1n) is 9.15.